The van der Waals surface area contributed by atoms with Crippen molar-refractivity contribution in [3.05, 3.63) is 0 Å². The Hall–Kier alpha value is -0.370. The molecule has 1 unspecified atom stereocenters. The highest BCUT2D eigenvalue weighted by Gasteiger charge is 1.99. The minimum absolute atomic E-state index is 0.118. The number of hydrogen-bond acceptors (Lipinski definition) is 2. The van der Waals surface area contributed by atoms with Crippen molar-refractivity contribution in [2.45, 2.75) is 26.8 Å². The average Bonchev–Trinajstić information content (AvgIpc) is 1.83. The molecule has 0 amide bonds. The molecule has 0 spiro atoms. The molecule has 0 aliphatic heterocycles. The van der Waals surface area contributed by atoms with Crippen molar-refractivity contribution in [2.24, 2.45) is 5.92 Å². The van der Waals surface area contributed by atoms with Crippen LogP contribution in [0.25, 0.3) is 0 Å². The first-order valence-corrected chi connectivity index (χ1v) is 3.28. The molecule has 1 radical (unpaired) electrons. The van der Waals surface area contributed by atoms with Crippen molar-refractivity contribution in [1.29, 1.82) is 0 Å². The SMILES string of the molecule is CC(C)CNC(C)[C]=O. The van der Waals surface area contributed by atoms with E-state index in [0.29, 0.717) is 5.92 Å². The van der Waals surface area contributed by atoms with Crippen molar-refractivity contribution in [3.63, 3.8) is 0 Å². The van der Waals surface area contributed by atoms with Crippen LogP contribution in [-0.2, 0) is 4.79 Å². The molecule has 0 fully saturated rings. The number of nitrogens with one attached hydrogen (secondary N) is 1. The van der Waals surface area contributed by atoms with Gasteiger partial charge >= 0.3 is 0 Å². The van der Waals surface area contributed by atoms with Crippen LogP contribution in [0.3, 0.4) is 0 Å². The molecule has 0 aliphatic carbocycles. The van der Waals surface area contributed by atoms with Crippen molar-refractivity contribution in [2.75, 3.05) is 6.54 Å². The summed E-state index contributed by atoms with van der Waals surface area (Å²) in [6, 6.07) is -0.118. The van der Waals surface area contributed by atoms with Gasteiger partial charge in [0.2, 0.25) is 6.29 Å². The molecule has 0 saturated heterocycles. The lowest BCUT2D eigenvalue weighted by Gasteiger charge is -2.07. The van der Waals surface area contributed by atoms with Gasteiger partial charge in [0, 0.05) is 0 Å². The van der Waals surface area contributed by atoms with E-state index in [4.69, 9.17) is 0 Å². The lowest BCUT2D eigenvalue weighted by atomic mass is 10.2. The molecule has 0 rings (SSSR count). The van der Waals surface area contributed by atoms with Crippen molar-refractivity contribution in [3.8, 4) is 0 Å². The van der Waals surface area contributed by atoms with Gasteiger partial charge in [-0.1, -0.05) is 13.8 Å². The van der Waals surface area contributed by atoms with E-state index in [-0.39, 0.29) is 6.04 Å². The van der Waals surface area contributed by atoms with Crippen molar-refractivity contribution < 1.29 is 4.79 Å². The van der Waals surface area contributed by atoms with E-state index in [2.05, 4.69) is 19.2 Å². The van der Waals surface area contributed by atoms with Crippen LogP contribution in [0.1, 0.15) is 20.8 Å². The predicted molar refractivity (Wildman–Crippen MR) is 38.0 cm³/mol. The standard InChI is InChI=1S/C7H14NO/c1-6(2)4-8-7(3)5-9/h6-8H,4H2,1-3H3. The van der Waals surface area contributed by atoms with Gasteiger partial charge in [0.05, 0.1) is 6.04 Å². The van der Waals surface area contributed by atoms with Gasteiger partial charge in [-0.2, -0.15) is 0 Å². The molecule has 1 atom stereocenters. The fourth-order valence-corrected chi connectivity index (χ4v) is 0.454. The van der Waals surface area contributed by atoms with Crippen LogP contribution < -0.4 is 5.32 Å². The summed E-state index contributed by atoms with van der Waals surface area (Å²) in [5.41, 5.74) is 0. The van der Waals surface area contributed by atoms with Gasteiger partial charge in [-0.3, -0.25) is 4.79 Å². The maximum Gasteiger partial charge on any atom is 0.216 e. The summed E-state index contributed by atoms with van der Waals surface area (Å²) in [5, 5.41) is 3.01. The zero-order chi connectivity index (χ0) is 7.28. The van der Waals surface area contributed by atoms with Crippen LogP contribution in [0.4, 0.5) is 0 Å². The largest absolute Gasteiger partial charge is 0.307 e. The van der Waals surface area contributed by atoms with Crippen molar-refractivity contribution in [1.82, 2.24) is 5.32 Å². The van der Waals surface area contributed by atoms with Gasteiger partial charge in [-0.15, -0.1) is 0 Å². The maximum absolute atomic E-state index is 9.93. The summed E-state index contributed by atoms with van der Waals surface area (Å²) >= 11 is 0. The van der Waals surface area contributed by atoms with Crippen LogP contribution >= 0.6 is 0 Å². The minimum atomic E-state index is -0.118. The molecule has 9 heavy (non-hydrogen) atoms. The summed E-state index contributed by atoms with van der Waals surface area (Å²) in [6.07, 6.45) is 1.86. The molecule has 2 heteroatoms. The summed E-state index contributed by atoms with van der Waals surface area (Å²) in [6.45, 7) is 6.89. The Balaban J connectivity index is 3.16. The van der Waals surface area contributed by atoms with E-state index < -0.39 is 0 Å². The highest BCUT2D eigenvalue weighted by molar-refractivity contribution is 5.57. The number of rotatable bonds is 4. The van der Waals surface area contributed by atoms with E-state index in [1.54, 1.807) is 6.92 Å². The van der Waals surface area contributed by atoms with E-state index >= 15 is 0 Å². The van der Waals surface area contributed by atoms with Gasteiger partial charge in [0.15, 0.2) is 0 Å². The molecule has 53 valence electrons. The highest BCUT2D eigenvalue weighted by Crippen LogP contribution is 1.87. The zero-order valence-corrected chi connectivity index (χ0v) is 6.27. The van der Waals surface area contributed by atoms with E-state index in [1.165, 1.54) is 0 Å². The third-order valence-electron chi connectivity index (χ3n) is 1.01. The Labute approximate surface area is 56.6 Å². The highest BCUT2D eigenvalue weighted by atomic mass is 16.1. The third kappa shape index (κ3) is 5.50. The second-order valence-corrected chi connectivity index (χ2v) is 2.64. The Kier molecular flexibility index (Phi) is 4.32. The lowest BCUT2D eigenvalue weighted by Crippen LogP contribution is -2.30. The van der Waals surface area contributed by atoms with E-state index in [9.17, 15) is 4.79 Å². The molecule has 0 heterocycles. The van der Waals surface area contributed by atoms with Gasteiger partial charge in [0.1, 0.15) is 0 Å². The third-order valence-corrected chi connectivity index (χ3v) is 1.01. The predicted octanol–water partition coefficient (Wildman–Crippen LogP) is 0.730. The van der Waals surface area contributed by atoms with Crippen molar-refractivity contribution >= 4 is 6.29 Å². The fourth-order valence-electron chi connectivity index (χ4n) is 0.454. The van der Waals surface area contributed by atoms with Crippen LogP contribution in [0.15, 0.2) is 0 Å². The topological polar surface area (TPSA) is 29.1 Å². The molecule has 1 N–H and O–H groups in total. The molecular formula is C7H14NO. The summed E-state index contributed by atoms with van der Waals surface area (Å²) in [7, 11) is 0. The zero-order valence-electron chi connectivity index (χ0n) is 6.27. The Morgan fingerprint density at radius 3 is 2.33 bits per heavy atom. The first-order chi connectivity index (χ1) is 4.16. The van der Waals surface area contributed by atoms with Gasteiger partial charge in [0.25, 0.3) is 0 Å². The first kappa shape index (κ1) is 8.63. The van der Waals surface area contributed by atoms with Gasteiger partial charge < -0.3 is 5.32 Å². The van der Waals surface area contributed by atoms with E-state index in [0.717, 1.165) is 6.54 Å². The first-order valence-electron chi connectivity index (χ1n) is 3.28. The summed E-state index contributed by atoms with van der Waals surface area (Å²) < 4.78 is 0. The second kappa shape index (κ2) is 4.50. The average molecular weight is 128 g/mol. The minimum Gasteiger partial charge on any atom is -0.307 e. The number of hydrogen-bond donors (Lipinski definition) is 1. The van der Waals surface area contributed by atoms with Crippen LogP contribution in [-0.4, -0.2) is 18.9 Å². The Morgan fingerprint density at radius 1 is 1.44 bits per heavy atom. The molecule has 2 nitrogen and oxygen atoms in total. The molecule has 0 aliphatic rings. The molecule has 0 bridgehead atoms. The summed E-state index contributed by atoms with van der Waals surface area (Å²) in [5.74, 6) is 0.598. The van der Waals surface area contributed by atoms with E-state index in [1.807, 2.05) is 6.29 Å². The Morgan fingerprint density at radius 2 is 2.00 bits per heavy atom. The summed E-state index contributed by atoms with van der Waals surface area (Å²) in [4.78, 5) is 9.93. The van der Waals surface area contributed by atoms with Crippen LogP contribution in [0, 0.1) is 5.92 Å². The lowest BCUT2D eigenvalue weighted by molar-refractivity contribution is 0.498. The maximum atomic E-state index is 9.93. The quantitative estimate of drug-likeness (QED) is 0.604. The van der Waals surface area contributed by atoms with Gasteiger partial charge in [-0.25, -0.2) is 0 Å². The normalized spacial score (nSPS) is 13.8. The second-order valence-electron chi connectivity index (χ2n) is 2.64. The molecular weight excluding hydrogens is 114 g/mol. The molecule has 0 aromatic carbocycles. The molecule has 0 saturated carbocycles. The number of carbonyl (C=O) groups excluding carboxylic acids is 1. The molecule has 0 aromatic heterocycles. The Bertz CT molecular complexity index is 81.0. The van der Waals surface area contributed by atoms with Gasteiger partial charge in [-0.05, 0) is 19.4 Å². The van der Waals surface area contributed by atoms with Crippen LogP contribution in [0.2, 0.25) is 0 Å². The molecule has 0 aromatic rings. The monoisotopic (exact) mass is 128 g/mol. The smallest absolute Gasteiger partial charge is 0.216 e. The van der Waals surface area contributed by atoms with Crippen LogP contribution in [0.5, 0.6) is 0 Å². The fraction of sp³-hybridized carbons (Fsp3) is 0.857.